The molecule has 0 radical (unpaired) electrons. The van der Waals surface area contributed by atoms with Crippen LogP contribution in [0.5, 0.6) is 11.6 Å². The summed E-state index contributed by atoms with van der Waals surface area (Å²) in [6.45, 7) is 6.57. The highest BCUT2D eigenvalue weighted by Gasteiger charge is 2.32. The Bertz CT molecular complexity index is 1090. The first-order valence-corrected chi connectivity index (χ1v) is 10.7. The normalized spacial score (nSPS) is 16.4. The average Bonchev–Trinajstić information content (AvgIpc) is 3.21. The van der Waals surface area contributed by atoms with E-state index in [-0.39, 0.29) is 36.7 Å². The van der Waals surface area contributed by atoms with E-state index >= 15 is 0 Å². The van der Waals surface area contributed by atoms with Gasteiger partial charge >= 0.3 is 6.36 Å². The van der Waals surface area contributed by atoms with Crippen LogP contribution in [0.25, 0.3) is 5.65 Å². The molecule has 2 N–H and O–H groups in total. The zero-order valence-electron chi connectivity index (χ0n) is 18.8. The molecule has 12 heteroatoms. The van der Waals surface area contributed by atoms with Crippen LogP contribution in [0.15, 0.2) is 36.5 Å². The standard InChI is InChI=1S/C22H26F3N5O3.ClH/c1-14(2)18-12-28-21-17(27-10-15-5-3-4-6-19(15)33-22(23,24)25)9-20(29-30(18)21)32-13-16-11-26-7-8-31-16;/h3-6,9,12,14,16,26-27H,7-8,10-11,13H2,1-2H3;1H/t16-;/m0./s1. The third-order valence-corrected chi connectivity index (χ3v) is 5.15. The highest BCUT2D eigenvalue weighted by atomic mass is 35.5. The van der Waals surface area contributed by atoms with Crippen molar-refractivity contribution in [3.8, 4) is 11.6 Å². The Morgan fingerprint density at radius 2 is 2.09 bits per heavy atom. The number of hydrogen-bond donors (Lipinski definition) is 2. The summed E-state index contributed by atoms with van der Waals surface area (Å²) in [5.74, 6) is 0.258. The molecule has 34 heavy (non-hydrogen) atoms. The van der Waals surface area contributed by atoms with Crippen molar-refractivity contribution in [1.82, 2.24) is 19.9 Å². The molecule has 3 aromatic rings. The maximum absolute atomic E-state index is 12.8. The minimum Gasteiger partial charge on any atom is -0.474 e. The third-order valence-electron chi connectivity index (χ3n) is 5.15. The van der Waals surface area contributed by atoms with E-state index in [1.807, 2.05) is 13.8 Å². The molecule has 1 fully saturated rings. The lowest BCUT2D eigenvalue weighted by atomic mass is 10.1. The first-order chi connectivity index (χ1) is 15.8. The number of nitrogens with zero attached hydrogens (tertiary/aromatic N) is 3. The number of fused-ring (bicyclic) bond motifs is 1. The third kappa shape index (κ3) is 6.43. The Morgan fingerprint density at radius 3 is 2.79 bits per heavy atom. The molecule has 186 valence electrons. The van der Waals surface area contributed by atoms with Gasteiger partial charge in [-0.05, 0) is 12.0 Å². The number of anilines is 1. The van der Waals surface area contributed by atoms with Crippen LogP contribution < -0.4 is 20.1 Å². The molecule has 4 rings (SSSR count). The lowest BCUT2D eigenvalue weighted by Gasteiger charge is -2.23. The number of hydrogen-bond acceptors (Lipinski definition) is 7. The molecule has 0 saturated carbocycles. The lowest BCUT2D eigenvalue weighted by molar-refractivity contribution is -0.274. The second-order valence-corrected chi connectivity index (χ2v) is 7.99. The first kappa shape index (κ1) is 25.9. The van der Waals surface area contributed by atoms with Crippen LogP contribution in [-0.2, 0) is 11.3 Å². The van der Waals surface area contributed by atoms with Gasteiger partial charge in [-0.15, -0.1) is 30.7 Å². The van der Waals surface area contributed by atoms with Gasteiger partial charge in [0.25, 0.3) is 0 Å². The van der Waals surface area contributed by atoms with Crippen molar-refractivity contribution in [3.05, 3.63) is 47.8 Å². The minimum absolute atomic E-state index is 0. The van der Waals surface area contributed by atoms with E-state index in [2.05, 4.69) is 25.5 Å². The second-order valence-electron chi connectivity index (χ2n) is 7.99. The van der Waals surface area contributed by atoms with Gasteiger partial charge in [0.15, 0.2) is 5.65 Å². The van der Waals surface area contributed by atoms with Gasteiger partial charge in [-0.25, -0.2) is 9.50 Å². The van der Waals surface area contributed by atoms with Crippen LogP contribution in [0.1, 0.15) is 31.0 Å². The Kier molecular flexibility index (Phi) is 8.45. The molecule has 1 saturated heterocycles. The van der Waals surface area contributed by atoms with Crippen LogP contribution in [0.2, 0.25) is 0 Å². The summed E-state index contributed by atoms with van der Waals surface area (Å²) in [6.07, 6.45) is -3.13. The van der Waals surface area contributed by atoms with Gasteiger partial charge in [0.2, 0.25) is 5.88 Å². The van der Waals surface area contributed by atoms with Crippen molar-refractivity contribution in [2.24, 2.45) is 0 Å². The fourth-order valence-electron chi connectivity index (χ4n) is 3.53. The van der Waals surface area contributed by atoms with Crippen molar-refractivity contribution in [1.29, 1.82) is 0 Å². The quantitative estimate of drug-likeness (QED) is 0.480. The maximum atomic E-state index is 12.8. The van der Waals surface area contributed by atoms with Crippen LogP contribution in [0, 0.1) is 0 Å². The van der Waals surface area contributed by atoms with Crippen LogP contribution in [0.3, 0.4) is 0 Å². The number of aromatic nitrogens is 3. The molecule has 2 aromatic heterocycles. The zero-order chi connectivity index (χ0) is 23.4. The van der Waals surface area contributed by atoms with Gasteiger partial charge in [-0.1, -0.05) is 32.0 Å². The largest absolute Gasteiger partial charge is 0.573 e. The fraction of sp³-hybridized carbons (Fsp3) is 0.455. The summed E-state index contributed by atoms with van der Waals surface area (Å²) in [5.41, 5.74) is 2.37. The molecular weight excluding hydrogens is 475 g/mol. The van der Waals surface area contributed by atoms with Gasteiger partial charge in [-0.3, -0.25) is 0 Å². The lowest BCUT2D eigenvalue weighted by Crippen LogP contribution is -2.41. The molecule has 0 amide bonds. The minimum atomic E-state index is -4.77. The van der Waals surface area contributed by atoms with Crippen molar-refractivity contribution in [2.75, 3.05) is 31.6 Å². The first-order valence-electron chi connectivity index (χ1n) is 10.7. The molecule has 1 aliphatic heterocycles. The Hall–Kier alpha value is -2.76. The average molecular weight is 502 g/mol. The Balaban J connectivity index is 0.00000324. The Labute approximate surface area is 201 Å². The number of rotatable bonds is 8. The van der Waals surface area contributed by atoms with E-state index in [0.29, 0.717) is 42.5 Å². The second kappa shape index (κ2) is 11.1. The molecular formula is C22H27ClF3N5O3. The molecule has 1 aliphatic rings. The zero-order valence-corrected chi connectivity index (χ0v) is 19.6. The molecule has 0 unspecified atom stereocenters. The van der Waals surface area contributed by atoms with Crippen molar-refractivity contribution < 1.29 is 27.4 Å². The monoisotopic (exact) mass is 501 g/mol. The predicted molar refractivity (Wildman–Crippen MR) is 123 cm³/mol. The van der Waals surface area contributed by atoms with Crippen LogP contribution in [-0.4, -0.2) is 53.4 Å². The molecule has 0 aliphatic carbocycles. The summed E-state index contributed by atoms with van der Waals surface area (Å²) in [5, 5.41) is 11.0. The van der Waals surface area contributed by atoms with Gasteiger partial charge in [0, 0.05) is 31.3 Å². The van der Waals surface area contributed by atoms with Crippen molar-refractivity contribution in [3.63, 3.8) is 0 Å². The number of para-hydroxylation sites is 1. The smallest absolute Gasteiger partial charge is 0.474 e. The van der Waals surface area contributed by atoms with E-state index in [4.69, 9.17) is 9.47 Å². The molecule has 3 heterocycles. The van der Waals surface area contributed by atoms with Crippen LogP contribution in [0.4, 0.5) is 18.9 Å². The number of alkyl halides is 3. The van der Waals surface area contributed by atoms with E-state index in [1.165, 1.54) is 12.1 Å². The number of nitrogens with one attached hydrogen (secondary N) is 2. The molecule has 0 bridgehead atoms. The topological polar surface area (TPSA) is 81.9 Å². The van der Waals surface area contributed by atoms with Gasteiger partial charge in [0.05, 0.1) is 24.2 Å². The number of ether oxygens (including phenoxy) is 3. The van der Waals surface area contributed by atoms with E-state index in [1.54, 1.807) is 28.9 Å². The van der Waals surface area contributed by atoms with Gasteiger partial charge < -0.3 is 24.8 Å². The highest BCUT2D eigenvalue weighted by Crippen LogP contribution is 2.29. The Morgan fingerprint density at radius 1 is 1.29 bits per heavy atom. The number of morpholine rings is 1. The summed E-state index contributed by atoms with van der Waals surface area (Å²) < 4.78 is 55.7. The van der Waals surface area contributed by atoms with E-state index < -0.39 is 6.36 Å². The summed E-state index contributed by atoms with van der Waals surface area (Å²) in [4.78, 5) is 4.46. The van der Waals surface area contributed by atoms with E-state index in [9.17, 15) is 13.2 Å². The van der Waals surface area contributed by atoms with Crippen molar-refractivity contribution >= 4 is 23.7 Å². The van der Waals surface area contributed by atoms with Gasteiger partial charge in [-0.2, -0.15) is 0 Å². The van der Waals surface area contributed by atoms with Crippen LogP contribution >= 0.6 is 12.4 Å². The summed E-state index contributed by atoms with van der Waals surface area (Å²) in [6, 6.07) is 7.69. The van der Waals surface area contributed by atoms with Gasteiger partial charge in [0.1, 0.15) is 18.5 Å². The number of imidazole rings is 1. The number of halogens is 4. The van der Waals surface area contributed by atoms with Crippen molar-refractivity contribution in [2.45, 2.75) is 38.8 Å². The van der Waals surface area contributed by atoms with E-state index in [0.717, 1.165) is 12.2 Å². The number of benzene rings is 1. The molecule has 0 spiro atoms. The SMILES string of the molecule is CC(C)c1cnc2c(NCc3ccccc3OC(F)(F)F)cc(OC[C@@H]3CNCCO3)nn12.Cl. The highest BCUT2D eigenvalue weighted by molar-refractivity contribution is 5.85. The predicted octanol–water partition coefficient (Wildman–Crippen LogP) is 4.15. The molecule has 8 nitrogen and oxygen atoms in total. The maximum Gasteiger partial charge on any atom is 0.573 e. The summed E-state index contributed by atoms with van der Waals surface area (Å²) >= 11 is 0. The molecule has 1 atom stereocenters. The molecule has 1 aromatic carbocycles. The summed E-state index contributed by atoms with van der Waals surface area (Å²) in [7, 11) is 0. The fourth-order valence-corrected chi connectivity index (χ4v) is 3.53.